The van der Waals surface area contributed by atoms with E-state index >= 15 is 0 Å². The minimum absolute atomic E-state index is 1.22. The summed E-state index contributed by atoms with van der Waals surface area (Å²) < 4.78 is 0. The summed E-state index contributed by atoms with van der Waals surface area (Å²) >= 11 is 0. The quantitative estimate of drug-likeness (QED) is 0.222. The zero-order valence-electron chi connectivity index (χ0n) is 15.4. The average molecular weight is 308 g/mol. The highest BCUT2D eigenvalue weighted by molar-refractivity contribution is 4.81. The van der Waals surface area contributed by atoms with Crippen LogP contribution in [0.2, 0.25) is 0 Å². The molecule has 1 N–H and O–H groups in total. The van der Waals surface area contributed by atoms with Crippen molar-refractivity contribution in [1.82, 2.24) is 5.32 Å². The van der Waals surface area contributed by atoms with Crippen LogP contribution in [0.15, 0.2) is 24.4 Å². The molecule has 0 saturated carbocycles. The second-order valence-electron chi connectivity index (χ2n) is 6.42. The van der Waals surface area contributed by atoms with E-state index in [2.05, 4.69) is 30.5 Å². The Kier molecular flexibility index (Phi) is 19.6. The summed E-state index contributed by atoms with van der Waals surface area (Å²) in [6.45, 7) is 2.28. The summed E-state index contributed by atoms with van der Waals surface area (Å²) in [6.07, 6.45) is 29.7. The zero-order chi connectivity index (χ0) is 16.1. The lowest BCUT2D eigenvalue weighted by molar-refractivity contribution is 0.598. The minimum Gasteiger partial charge on any atom is -0.394 e. The Balaban J connectivity index is 3.06. The largest absolute Gasteiger partial charge is 0.394 e. The van der Waals surface area contributed by atoms with Gasteiger partial charge in [0.2, 0.25) is 0 Å². The molecule has 0 heterocycles. The minimum atomic E-state index is 1.22. The molecule has 0 atom stereocenters. The molecule has 0 unspecified atom stereocenters. The summed E-state index contributed by atoms with van der Waals surface area (Å²) in [6, 6.07) is 0. The average Bonchev–Trinajstić information content (AvgIpc) is 2.54. The third kappa shape index (κ3) is 19.3. The lowest BCUT2D eigenvalue weighted by Crippen LogP contribution is -1.90. The van der Waals surface area contributed by atoms with Crippen LogP contribution in [0.3, 0.4) is 0 Å². The molecule has 0 spiro atoms. The van der Waals surface area contributed by atoms with Crippen LogP contribution in [0.5, 0.6) is 0 Å². The van der Waals surface area contributed by atoms with E-state index in [0.29, 0.717) is 0 Å². The van der Waals surface area contributed by atoms with E-state index in [1.54, 1.807) is 0 Å². The van der Waals surface area contributed by atoms with Gasteiger partial charge in [-0.2, -0.15) is 0 Å². The molecule has 130 valence electrons. The highest BCUT2D eigenvalue weighted by Crippen LogP contribution is 2.10. The summed E-state index contributed by atoms with van der Waals surface area (Å²) in [5.41, 5.74) is 0. The maximum absolute atomic E-state index is 3.04. The topological polar surface area (TPSA) is 12.0 Å². The first kappa shape index (κ1) is 21.3. The van der Waals surface area contributed by atoms with Gasteiger partial charge in [0.15, 0.2) is 0 Å². The molecule has 0 aromatic carbocycles. The monoisotopic (exact) mass is 307 g/mol. The van der Waals surface area contributed by atoms with Crippen molar-refractivity contribution in [2.45, 2.75) is 103 Å². The Morgan fingerprint density at radius 2 is 0.955 bits per heavy atom. The Bertz CT molecular complexity index is 242. The fraction of sp³-hybridized carbons (Fsp3) is 0.810. The van der Waals surface area contributed by atoms with Crippen molar-refractivity contribution in [3.8, 4) is 0 Å². The summed E-state index contributed by atoms with van der Waals surface area (Å²) in [5.74, 6) is 0. The number of unbranched alkanes of at least 4 members (excludes halogenated alkanes) is 13. The van der Waals surface area contributed by atoms with Gasteiger partial charge in [-0.05, 0) is 44.7 Å². The van der Waals surface area contributed by atoms with E-state index in [1.165, 1.54) is 96.3 Å². The summed E-state index contributed by atoms with van der Waals surface area (Å²) in [5, 5.41) is 3.04. The SMILES string of the molecule is CCCCCCCC/C=C\CCCCCCCCC=CNC. The number of allylic oxidation sites excluding steroid dienone is 3. The van der Waals surface area contributed by atoms with Crippen LogP contribution in [0, 0.1) is 0 Å². The van der Waals surface area contributed by atoms with Gasteiger partial charge >= 0.3 is 0 Å². The van der Waals surface area contributed by atoms with Crippen molar-refractivity contribution in [2.75, 3.05) is 7.05 Å². The van der Waals surface area contributed by atoms with Gasteiger partial charge in [0.05, 0.1) is 0 Å². The second kappa shape index (κ2) is 20.3. The van der Waals surface area contributed by atoms with Crippen LogP contribution < -0.4 is 5.32 Å². The summed E-state index contributed by atoms with van der Waals surface area (Å²) in [4.78, 5) is 0. The van der Waals surface area contributed by atoms with Crippen LogP contribution in [0.4, 0.5) is 0 Å². The van der Waals surface area contributed by atoms with Crippen molar-refractivity contribution in [3.05, 3.63) is 24.4 Å². The predicted molar refractivity (Wildman–Crippen MR) is 102 cm³/mol. The van der Waals surface area contributed by atoms with E-state index in [1.807, 2.05) is 13.2 Å². The lowest BCUT2D eigenvalue weighted by atomic mass is 10.1. The molecule has 0 aromatic rings. The molecule has 22 heavy (non-hydrogen) atoms. The van der Waals surface area contributed by atoms with Gasteiger partial charge in [0.25, 0.3) is 0 Å². The molecule has 0 amide bonds. The molecule has 0 radical (unpaired) electrons. The normalized spacial score (nSPS) is 11.7. The van der Waals surface area contributed by atoms with Gasteiger partial charge in [-0.25, -0.2) is 0 Å². The van der Waals surface area contributed by atoms with Crippen LogP contribution in [0.25, 0.3) is 0 Å². The third-order valence-electron chi connectivity index (χ3n) is 4.17. The highest BCUT2D eigenvalue weighted by Gasteiger charge is 1.90. The van der Waals surface area contributed by atoms with E-state index in [-0.39, 0.29) is 0 Å². The molecule has 0 aliphatic heterocycles. The third-order valence-corrected chi connectivity index (χ3v) is 4.17. The zero-order valence-corrected chi connectivity index (χ0v) is 15.4. The van der Waals surface area contributed by atoms with Crippen LogP contribution >= 0.6 is 0 Å². The number of hydrogen-bond donors (Lipinski definition) is 1. The molecule has 0 rings (SSSR count). The molecule has 1 nitrogen and oxygen atoms in total. The Hall–Kier alpha value is -0.720. The van der Waals surface area contributed by atoms with Crippen LogP contribution in [-0.2, 0) is 0 Å². The van der Waals surface area contributed by atoms with Crippen LogP contribution in [0.1, 0.15) is 103 Å². The first-order chi connectivity index (χ1) is 10.9. The van der Waals surface area contributed by atoms with E-state index in [9.17, 15) is 0 Å². The molecule has 0 aliphatic rings. The van der Waals surface area contributed by atoms with Crippen molar-refractivity contribution in [1.29, 1.82) is 0 Å². The van der Waals surface area contributed by atoms with Gasteiger partial charge in [-0.1, -0.05) is 82.9 Å². The molecular formula is C21H41N. The molecule has 0 fully saturated rings. The van der Waals surface area contributed by atoms with Gasteiger partial charge in [0.1, 0.15) is 0 Å². The Morgan fingerprint density at radius 3 is 1.41 bits per heavy atom. The van der Waals surface area contributed by atoms with Gasteiger partial charge in [0, 0.05) is 7.05 Å². The first-order valence-corrected chi connectivity index (χ1v) is 9.89. The fourth-order valence-electron chi connectivity index (χ4n) is 2.71. The smallest absolute Gasteiger partial charge is 0.00276 e. The number of hydrogen-bond acceptors (Lipinski definition) is 1. The summed E-state index contributed by atoms with van der Waals surface area (Å²) in [7, 11) is 1.96. The Labute approximate surface area is 140 Å². The lowest BCUT2D eigenvalue weighted by Gasteiger charge is -2.00. The maximum atomic E-state index is 3.04. The van der Waals surface area contributed by atoms with Gasteiger partial charge in [-0.15, -0.1) is 0 Å². The first-order valence-electron chi connectivity index (χ1n) is 9.89. The van der Waals surface area contributed by atoms with E-state index in [4.69, 9.17) is 0 Å². The predicted octanol–water partition coefficient (Wildman–Crippen LogP) is 7.15. The maximum Gasteiger partial charge on any atom is 0.00276 e. The van der Waals surface area contributed by atoms with Gasteiger partial charge in [-0.3, -0.25) is 0 Å². The number of rotatable bonds is 17. The highest BCUT2D eigenvalue weighted by atomic mass is 14.8. The molecule has 0 aliphatic carbocycles. The van der Waals surface area contributed by atoms with E-state index in [0.717, 1.165) is 0 Å². The Morgan fingerprint density at radius 1 is 0.545 bits per heavy atom. The van der Waals surface area contributed by atoms with Crippen molar-refractivity contribution < 1.29 is 0 Å². The van der Waals surface area contributed by atoms with Crippen LogP contribution in [-0.4, -0.2) is 7.05 Å². The van der Waals surface area contributed by atoms with Crippen molar-refractivity contribution in [3.63, 3.8) is 0 Å². The van der Waals surface area contributed by atoms with Crippen molar-refractivity contribution in [2.24, 2.45) is 0 Å². The van der Waals surface area contributed by atoms with Crippen molar-refractivity contribution >= 4 is 0 Å². The number of nitrogens with one attached hydrogen (secondary N) is 1. The molecular weight excluding hydrogens is 266 g/mol. The van der Waals surface area contributed by atoms with Gasteiger partial charge < -0.3 is 5.32 Å². The second-order valence-corrected chi connectivity index (χ2v) is 6.42. The fourth-order valence-corrected chi connectivity index (χ4v) is 2.71. The molecule has 1 heteroatoms. The standard InChI is InChI=1S/C21H41N/c1-3-4-5-6-7-8-9-10-11-12-13-14-15-16-17-18-19-20-21-22-2/h10-11,20-22H,3-9,12-19H2,1-2H3/b11-10-,21-20?. The molecule has 0 saturated heterocycles. The molecule has 0 bridgehead atoms. The molecule has 0 aromatic heterocycles. The van der Waals surface area contributed by atoms with E-state index < -0.39 is 0 Å².